The van der Waals surface area contributed by atoms with Gasteiger partial charge in [-0.05, 0) is 91.5 Å². The average molecular weight is 1590 g/mol. The van der Waals surface area contributed by atoms with E-state index in [1.165, 1.54) is 84.2 Å². The molecule has 93 heavy (non-hydrogen) atoms. The first-order valence-electron chi connectivity index (χ1n) is 32.8. The van der Waals surface area contributed by atoms with Crippen LogP contribution in [0.2, 0.25) is 0 Å². The number of anilines is 4. The molecule has 0 fully saturated rings. The molecule has 13 aromatic rings. The summed E-state index contributed by atoms with van der Waals surface area (Å²) in [5, 5.41) is 0. The number of para-hydroxylation sites is 12. The third-order valence-electron chi connectivity index (χ3n) is 18.2. The van der Waals surface area contributed by atoms with Crippen LogP contribution in [0.4, 0.5) is 34.1 Å². The Bertz CT molecular complexity index is 4580. The van der Waals surface area contributed by atoms with Crippen molar-refractivity contribution in [3.05, 3.63) is 238 Å². The van der Waals surface area contributed by atoms with Crippen LogP contribution in [-0.2, 0) is 57.9 Å². The summed E-state index contributed by atoms with van der Waals surface area (Å²) in [6, 6.07) is 67.1. The van der Waals surface area contributed by atoms with Crippen molar-refractivity contribution in [2.24, 2.45) is 0 Å². The van der Waals surface area contributed by atoms with Crippen molar-refractivity contribution in [2.45, 2.75) is 151 Å². The molecule has 6 heterocycles. The predicted molar refractivity (Wildman–Crippen MR) is 379 cm³/mol. The van der Waals surface area contributed by atoms with Gasteiger partial charge in [0.05, 0.1) is 47.2 Å². The Morgan fingerprint density at radius 1 is 0.344 bits per heavy atom. The summed E-state index contributed by atoms with van der Waals surface area (Å²) in [5.74, 6) is 4.03. The minimum Gasteiger partial charge on any atom is -0.366 e. The molecule has 2 aliphatic heterocycles. The Morgan fingerprint density at radius 3 is 1.08 bits per heavy atom. The van der Waals surface area contributed by atoms with Gasteiger partial charge in [0.25, 0.3) is 0 Å². The van der Waals surface area contributed by atoms with Crippen molar-refractivity contribution in [2.75, 3.05) is 9.80 Å². The maximum atomic E-state index is 4.50. The van der Waals surface area contributed by atoms with Gasteiger partial charge in [-0.25, -0.2) is 0 Å². The summed E-state index contributed by atoms with van der Waals surface area (Å²) in [5.41, 5.74) is 27.9. The Labute approximate surface area is 580 Å². The fraction of sp³-hybridized carbons (Fsp3) is 0.284. The van der Waals surface area contributed by atoms with Crippen molar-refractivity contribution in [3.8, 4) is 0 Å². The van der Waals surface area contributed by atoms with E-state index in [2.05, 4.69) is 273 Å². The van der Waals surface area contributed by atoms with E-state index in [0.717, 1.165) is 68.8 Å². The van der Waals surface area contributed by atoms with E-state index in [0.29, 0.717) is 41.4 Å². The van der Waals surface area contributed by atoms with Gasteiger partial charge in [0.15, 0.2) is 0 Å². The van der Waals surface area contributed by atoms with Crippen molar-refractivity contribution in [3.63, 3.8) is 0 Å². The van der Waals surface area contributed by atoms with E-state index >= 15 is 0 Å². The molecule has 0 saturated carbocycles. The van der Waals surface area contributed by atoms with E-state index < -0.39 is 0 Å². The number of rotatable bonds is 11. The summed E-state index contributed by atoms with van der Waals surface area (Å²) >= 11 is 0. The van der Waals surface area contributed by atoms with Crippen molar-refractivity contribution >= 4 is 102 Å². The van der Waals surface area contributed by atoms with E-state index in [4.69, 9.17) is 0 Å². The maximum Gasteiger partial charge on any atom is 0.245 e. The molecule has 0 saturated heterocycles. The molecule has 15 rings (SSSR count). The monoisotopic (exact) mass is 1590 g/mol. The first kappa shape index (κ1) is 66.4. The normalized spacial score (nSPS) is 13.1. The summed E-state index contributed by atoms with van der Waals surface area (Å²) in [6.07, 6.45) is 8.15. The SMILES string of the molecule is CC(C)c1ccccc1N1[C-]=[N+](c2c(C(C)C)cccc2C(C)C)Cc2cc3c(cc21)C[N+](c1c(C(C)C)cccc1C(C)C)=[C-]N3c1c(C(C)C)cccc1C(C)C.[Au].[Au].c1ccc2c(c1)nc1[n-]c3ccccc3n12.c1ccc2c(c1)nc1[n-]c3ccccc3n12. The summed E-state index contributed by atoms with van der Waals surface area (Å²) in [4.78, 5) is 22.9. The van der Waals surface area contributed by atoms with Gasteiger partial charge in [-0.2, -0.15) is 0 Å². The summed E-state index contributed by atoms with van der Waals surface area (Å²) in [6.45, 7) is 33.9. The van der Waals surface area contributed by atoms with Crippen LogP contribution in [0.5, 0.6) is 0 Å². The number of benzene rings is 9. The van der Waals surface area contributed by atoms with Crippen LogP contribution in [0.15, 0.2) is 188 Å². The molecule has 0 bridgehead atoms. The molecule has 2 aliphatic rings. The molecule has 12 heteroatoms. The second-order valence-corrected chi connectivity index (χ2v) is 26.8. The molecule has 0 N–H and O–H groups in total. The summed E-state index contributed by atoms with van der Waals surface area (Å²) < 4.78 is 9.08. The summed E-state index contributed by atoms with van der Waals surface area (Å²) in [7, 11) is 0. The maximum absolute atomic E-state index is 4.50. The average Bonchev–Trinajstić information content (AvgIpc) is 1.61. The first-order chi connectivity index (χ1) is 43.9. The Hall–Kier alpha value is -8.06. The van der Waals surface area contributed by atoms with E-state index in [1.54, 1.807) is 0 Å². The molecule has 9 aromatic carbocycles. The Balaban J connectivity index is 0.000000206. The molecule has 0 amide bonds. The minimum atomic E-state index is 0. The minimum absolute atomic E-state index is 0. The Kier molecular flexibility index (Phi) is 19.6. The molecular formula is C81H84Au2N10-2. The van der Waals surface area contributed by atoms with Gasteiger partial charge < -0.3 is 47.7 Å². The van der Waals surface area contributed by atoms with Crippen molar-refractivity contribution in [1.82, 2.24) is 28.7 Å². The van der Waals surface area contributed by atoms with Gasteiger partial charge >= 0.3 is 0 Å². The van der Waals surface area contributed by atoms with Crippen LogP contribution in [0, 0.1) is 0 Å². The van der Waals surface area contributed by atoms with Crippen molar-refractivity contribution in [1.29, 1.82) is 0 Å². The predicted octanol–water partition coefficient (Wildman–Crippen LogP) is 20.5. The topological polar surface area (TPSA) is 75.3 Å². The molecular weight excluding hydrogens is 1510 g/mol. The molecule has 0 spiro atoms. The van der Waals surface area contributed by atoms with E-state index in [9.17, 15) is 0 Å². The van der Waals surface area contributed by atoms with Crippen molar-refractivity contribution < 1.29 is 53.9 Å². The number of hydrogen-bond donors (Lipinski definition) is 0. The van der Waals surface area contributed by atoms with Gasteiger partial charge in [0, 0.05) is 100 Å². The van der Waals surface area contributed by atoms with E-state index in [-0.39, 0.29) is 44.8 Å². The van der Waals surface area contributed by atoms with Crippen LogP contribution in [0.1, 0.15) is 188 Å². The number of fused-ring (bicyclic) bond motifs is 12. The number of aromatic nitrogens is 6. The zero-order chi connectivity index (χ0) is 63.5. The molecule has 2 radical (unpaired) electrons. The molecule has 0 unspecified atom stereocenters. The van der Waals surface area contributed by atoms with Crippen LogP contribution >= 0.6 is 0 Å². The largest absolute Gasteiger partial charge is 0.366 e. The van der Waals surface area contributed by atoms with Crippen LogP contribution < -0.4 is 19.8 Å². The van der Waals surface area contributed by atoms with Gasteiger partial charge in [-0.3, -0.25) is 0 Å². The molecule has 0 atom stereocenters. The quantitative estimate of drug-likeness (QED) is 0.0730. The number of imidazole rings is 4. The molecule has 0 aliphatic carbocycles. The molecule has 10 nitrogen and oxygen atoms in total. The molecule has 4 aromatic heterocycles. The van der Waals surface area contributed by atoms with Gasteiger partial charge in [-0.1, -0.05) is 285 Å². The fourth-order valence-electron chi connectivity index (χ4n) is 13.7. The Morgan fingerprint density at radius 2 is 0.667 bits per heavy atom. The van der Waals surface area contributed by atoms with Crippen LogP contribution in [-0.4, -0.2) is 40.6 Å². The van der Waals surface area contributed by atoms with E-state index in [1.807, 2.05) is 72.8 Å². The molecule has 482 valence electrons. The van der Waals surface area contributed by atoms with Crippen LogP contribution in [0.25, 0.3) is 55.7 Å². The fourth-order valence-corrected chi connectivity index (χ4v) is 13.7. The van der Waals surface area contributed by atoms with Gasteiger partial charge in [0.1, 0.15) is 0 Å². The van der Waals surface area contributed by atoms with Gasteiger partial charge in [-0.15, -0.1) is 0 Å². The van der Waals surface area contributed by atoms with Gasteiger partial charge in [0.2, 0.25) is 12.7 Å². The first-order valence-corrected chi connectivity index (χ1v) is 32.8. The third kappa shape index (κ3) is 12.4. The second kappa shape index (κ2) is 27.5. The smallest absolute Gasteiger partial charge is 0.245 e. The zero-order valence-corrected chi connectivity index (χ0v) is 60.3. The standard InChI is InChI=1S/C55H68N4.2C13H8N3.2Au/c1-34(2)43-20-15-16-27-50(43)58-32-56(53-44(35(3)4)21-17-22-45(53)36(5)6)30-41-29-52-42(28-51(41)58)31-57(54-46(37(7)8)23-18-24-47(54)38(9)10)33-59(52)55-48(39(11)12)25-19-26-49(55)40(13)14;2*1-3-7-11-9(5-1)14-13-15-10-6-2-4-8-12(10)16(11)13;;/h15-29,34-40H,30-31H2,1-14H3;2*1-8H;;/q;2*-1;;. The van der Waals surface area contributed by atoms with Crippen LogP contribution in [0.3, 0.4) is 0 Å². The second-order valence-electron chi connectivity index (χ2n) is 26.8. The zero-order valence-electron chi connectivity index (χ0n) is 55.9. The number of nitrogens with zero attached hydrogens (tertiary/aromatic N) is 10. The third-order valence-corrected chi connectivity index (χ3v) is 18.2. The number of hydrogen-bond acceptors (Lipinski definition) is 4.